The molecule has 2 aromatic carbocycles. The fraction of sp³-hybridized carbons (Fsp3) is 0.364. The fourth-order valence-corrected chi connectivity index (χ4v) is 4.26. The molecular formula is C22H27N3O5S. The fourth-order valence-electron chi connectivity index (χ4n) is 3.27. The van der Waals surface area contributed by atoms with E-state index in [-0.39, 0.29) is 30.0 Å². The average Bonchev–Trinajstić information content (AvgIpc) is 3.30. The number of sulfonamides is 1. The first-order valence-electron chi connectivity index (χ1n) is 10.2. The normalized spacial score (nSPS) is 16.1. The molecule has 0 saturated carbocycles. The second-order valence-electron chi connectivity index (χ2n) is 7.31. The van der Waals surface area contributed by atoms with E-state index in [2.05, 4.69) is 10.0 Å². The highest BCUT2D eigenvalue weighted by molar-refractivity contribution is 7.89. The second-order valence-corrected chi connectivity index (χ2v) is 9.08. The molecule has 0 unspecified atom stereocenters. The van der Waals surface area contributed by atoms with E-state index >= 15 is 0 Å². The van der Waals surface area contributed by atoms with Gasteiger partial charge >= 0.3 is 0 Å². The largest absolute Gasteiger partial charge is 0.376 e. The third-order valence-corrected chi connectivity index (χ3v) is 6.35. The zero-order valence-corrected chi connectivity index (χ0v) is 18.0. The van der Waals surface area contributed by atoms with Gasteiger partial charge in [0.1, 0.15) is 0 Å². The minimum absolute atomic E-state index is 0.0779. The summed E-state index contributed by atoms with van der Waals surface area (Å²) in [4.78, 5) is 26.7. The highest BCUT2D eigenvalue weighted by atomic mass is 32.2. The van der Waals surface area contributed by atoms with Crippen LogP contribution in [0.25, 0.3) is 0 Å². The summed E-state index contributed by atoms with van der Waals surface area (Å²) >= 11 is 0. The number of carbonyl (C=O) groups excluding carboxylic acids is 2. The zero-order valence-electron chi connectivity index (χ0n) is 17.2. The maximum atomic E-state index is 12.8. The summed E-state index contributed by atoms with van der Waals surface area (Å²) in [7, 11) is -3.82. The maximum absolute atomic E-state index is 12.8. The van der Waals surface area contributed by atoms with Crippen LogP contribution in [0, 0.1) is 0 Å². The summed E-state index contributed by atoms with van der Waals surface area (Å²) in [5, 5.41) is 2.80. The molecule has 166 valence electrons. The molecule has 1 fully saturated rings. The van der Waals surface area contributed by atoms with Crippen LogP contribution in [0.5, 0.6) is 0 Å². The number of hydrogen-bond acceptors (Lipinski definition) is 5. The highest BCUT2D eigenvalue weighted by Crippen LogP contribution is 2.14. The van der Waals surface area contributed by atoms with Gasteiger partial charge < -0.3 is 15.0 Å². The average molecular weight is 446 g/mol. The molecule has 1 saturated heterocycles. The number of carbonyl (C=O) groups is 2. The van der Waals surface area contributed by atoms with Gasteiger partial charge in [-0.2, -0.15) is 0 Å². The molecule has 31 heavy (non-hydrogen) atoms. The molecule has 1 heterocycles. The third kappa shape index (κ3) is 7.16. The molecule has 9 heteroatoms. The van der Waals surface area contributed by atoms with Crippen LogP contribution >= 0.6 is 0 Å². The number of benzene rings is 2. The van der Waals surface area contributed by atoms with Crippen LogP contribution in [-0.4, -0.2) is 57.5 Å². The molecule has 2 amide bonds. The van der Waals surface area contributed by atoms with Crippen LogP contribution in [0.2, 0.25) is 0 Å². The molecule has 8 nitrogen and oxygen atoms in total. The van der Waals surface area contributed by atoms with Crippen LogP contribution in [0.15, 0.2) is 65.6 Å². The number of nitrogens with zero attached hydrogens (tertiary/aromatic N) is 1. The van der Waals surface area contributed by atoms with Crippen molar-refractivity contribution in [1.29, 1.82) is 0 Å². The first-order chi connectivity index (χ1) is 14.9. The van der Waals surface area contributed by atoms with E-state index in [1.807, 2.05) is 30.3 Å². The Morgan fingerprint density at radius 3 is 2.35 bits per heavy atom. The number of hydrogen-bond donors (Lipinski definition) is 2. The molecular weight excluding hydrogens is 418 g/mol. The summed E-state index contributed by atoms with van der Waals surface area (Å²) in [6.07, 6.45) is 1.54. The highest BCUT2D eigenvalue weighted by Gasteiger charge is 2.25. The lowest BCUT2D eigenvalue weighted by Gasteiger charge is -2.25. The van der Waals surface area contributed by atoms with Crippen molar-refractivity contribution in [2.75, 3.05) is 26.2 Å². The summed E-state index contributed by atoms with van der Waals surface area (Å²) < 4.78 is 32.7. The third-order valence-electron chi connectivity index (χ3n) is 4.93. The van der Waals surface area contributed by atoms with Gasteiger partial charge in [0.15, 0.2) is 0 Å². The Hall–Kier alpha value is -2.75. The molecule has 2 N–H and O–H groups in total. The van der Waals surface area contributed by atoms with Crippen molar-refractivity contribution in [2.24, 2.45) is 0 Å². The van der Waals surface area contributed by atoms with Crippen LogP contribution < -0.4 is 10.0 Å². The van der Waals surface area contributed by atoms with Crippen molar-refractivity contribution >= 4 is 21.8 Å². The molecule has 1 aliphatic heterocycles. The van der Waals surface area contributed by atoms with Crippen LogP contribution in [-0.2, 0) is 30.9 Å². The predicted octanol–water partition coefficient (Wildman–Crippen LogP) is 1.29. The maximum Gasteiger partial charge on any atom is 0.241 e. The van der Waals surface area contributed by atoms with Crippen molar-refractivity contribution in [1.82, 2.24) is 14.9 Å². The van der Waals surface area contributed by atoms with Gasteiger partial charge in [0.25, 0.3) is 0 Å². The number of rotatable bonds is 10. The molecule has 2 aromatic rings. The van der Waals surface area contributed by atoms with Gasteiger partial charge in [-0.05, 0) is 30.5 Å². The van der Waals surface area contributed by atoms with Crippen molar-refractivity contribution in [2.45, 2.75) is 30.4 Å². The Labute approximate surface area is 182 Å². The van der Waals surface area contributed by atoms with Gasteiger partial charge in [0.2, 0.25) is 21.8 Å². The van der Waals surface area contributed by atoms with E-state index in [1.54, 1.807) is 18.2 Å². The van der Waals surface area contributed by atoms with Gasteiger partial charge in [-0.25, -0.2) is 13.1 Å². The SMILES string of the molecule is O=C(CN(C[C@@H]1CCCO1)C(=O)CNS(=O)(=O)c1ccccc1)NCc1ccccc1. The lowest BCUT2D eigenvalue weighted by Crippen LogP contribution is -2.47. The Bertz CT molecular complexity index is 961. The first-order valence-corrected chi connectivity index (χ1v) is 11.7. The van der Waals surface area contributed by atoms with E-state index < -0.39 is 22.5 Å². The van der Waals surface area contributed by atoms with E-state index in [0.717, 1.165) is 18.4 Å². The minimum Gasteiger partial charge on any atom is -0.376 e. The smallest absolute Gasteiger partial charge is 0.241 e. The van der Waals surface area contributed by atoms with Crippen molar-refractivity contribution in [3.8, 4) is 0 Å². The number of amides is 2. The molecule has 0 radical (unpaired) electrons. The van der Waals surface area contributed by atoms with Gasteiger partial charge in [-0.1, -0.05) is 48.5 Å². The molecule has 3 rings (SSSR count). The van der Waals surface area contributed by atoms with E-state index in [1.165, 1.54) is 17.0 Å². The molecule has 0 aliphatic carbocycles. The number of ether oxygens (including phenoxy) is 1. The van der Waals surface area contributed by atoms with Gasteiger partial charge in [-0.3, -0.25) is 9.59 Å². The van der Waals surface area contributed by atoms with E-state index in [0.29, 0.717) is 13.2 Å². The summed E-state index contributed by atoms with van der Waals surface area (Å²) in [6, 6.07) is 17.3. The molecule has 1 aliphatic rings. The molecule has 0 bridgehead atoms. The molecule has 0 spiro atoms. The monoisotopic (exact) mass is 445 g/mol. The van der Waals surface area contributed by atoms with Crippen molar-refractivity contribution < 1.29 is 22.7 Å². The van der Waals surface area contributed by atoms with Crippen molar-refractivity contribution in [3.05, 3.63) is 66.2 Å². The summed E-state index contributed by atoms with van der Waals surface area (Å²) in [5.74, 6) is -0.800. The first kappa shape index (κ1) is 22.9. The molecule has 0 aromatic heterocycles. The topological polar surface area (TPSA) is 105 Å². The van der Waals surface area contributed by atoms with E-state index in [9.17, 15) is 18.0 Å². The quantitative estimate of drug-likeness (QED) is 0.573. The van der Waals surface area contributed by atoms with Gasteiger partial charge in [-0.15, -0.1) is 0 Å². The Morgan fingerprint density at radius 1 is 1.03 bits per heavy atom. The Morgan fingerprint density at radius 2 is 1.71 bits per heavy atom. The van der Waals surface area contributed by atoms with Crippen LogP contribution in [0.4, 0.5) is 0 Å². The van der Waals surface area contributed by atoms with Gasteiger partial charge in [0.05, 0.1) is 24.1 Å². The van der Waals surface area contributed by atoms with Gasteiger partial charge in [0, 0.05) is 19.7 Å². The molecule has 1 atom stereocenters. The standard InChI is InChI=1S/C22H27N3O5S/c26-21(23-14-18-8-3-1-4-9-18)17-25(16-19-10-7-13-30-19)22(27)15-24-31(28,29)20-11-5-2-6-12-20/h1-6,8-9,11-12,19,24H,7,10,13-17H2,(H,23,26)/t19-/m0/s1. The summed E-state index contributed by atoms with van der Waals surface area (Å²) in [5.41, 5.74) is 0.948. The lowest BCUT2D eigenvalue weighted by molar-refractivity contribution is -0.136. The van der Waals surface area contributed by atoms with Crippen LogP contribution in [0.3, 0.4) is 0 Å². The number of nitrogens with one attached hydrogen (secondary N) is 2. The lowest BCUT2D eigenvalue weighted by atomic mass is 10.2. The zero-order chi connectivity index (χ0) is 22.1. The Balaban J connectivity index is 1.59. The van der Waals surface area contributed by atoms with Crippen LogP contribution in [0.1, 0.15) is 18.4 Å². The van der Waals surface area contributed by atoms with E-state index in [4.69, 9.17) is 4.74 Å². The summed E-state index contributed by atoms with van der Waals surface area (Å²) in [6.45, 7) is 0.606. The predicted molar refractivity (Wildman–Crippen MR) is 115 cm³/mol. The minimum atomic E-state index is -3.82. The Kier molecular flexibility index (Phi) is 8.16. The second kappa shape index (κ2) is 11.0. The van der Waals surface area contributed by atoms with Crippen molar-refractivity contribution in [3.63, 3.8) is 0 Å².